The van der Waals surface area contributed by atoms with Crippen LogP contribution in [0.1, 0.15) is 25.3 Å². The largest absolute Gasteiger partial charge is 0.401 e. The van der Waals surface area contributed by atoms with Gasteiger partial charge in [-0.25, -0.2) is 0 Å². The van der Waals surface area contributed by atoms with E-state index in [0.717, 1.165) is 25.1 Å². The Labute approximate surface area is 124 Å². The SMILES string of the molecule is CCC1CC(NCC(F)(F)F)CN(c2ccc(C)cc2)C1. The van der Waals surface area contributed by atoms with Gasteiger partial charge in [0.15, 0.2) is 0 Å². The van der Waals surface area contributed by atoms with Crippen molar-refractivity contribution in [1.29, 1.82) is 0 Å². The molecule has 2 nitrogen and oxygen atoms in total. The number of anilines is 1. The molecule has 0 amide bonds. The number of piperidine rings is 1. The first-order valence-electron chi connectivity index (χ1n) is 7.49. The number of benzene rings is 1. The van der Waals surface area contributed by atoms with Crippen LogP contribution in [0.2, 0.25) is 0 Å². The van der Waals surface area contributed by atoms with Gasteiger partial charge in [-0.15, -0.1) is 0 Å². The molecule has 118 valence electrons. The smallest absolute Gasteiger partial charge is 0.370 e. The van der Waals surface area contributed by atoms with Crippen molar-refractivity contribution in [3.8, 4) is 0 Å². The Hall–Kier alpha value is -1.23. The summed E-state index contributed by atoms with van der Waals surface area (Å²) in [5.74, 6) is 0.436. The van der Waals surface area contributed by atoms with Gasteiger partial charge < -0.3 is 10.2 Å². The average molecular weight is 300 g/mol. The molecule has 1 aliphatic heterocycles. The molecule has 1 saturated heterocycles. The first kappa shape index (κ1) is 16.1. The number of rotatable bonds is 4. The van der Waals surface area contributed by atoms with Gasteiger partial charge in [0.25, 0.3) is 0 Å². The highest BCUT2D eigenvalue weighted by Gasteiger charge is 2.31. The van der Waals surface area contributed by atoms with E-state index in [4.69, 9.17) is 0 Å². The van der Waals surface area contributed by atoms with E-state index in [2.05, 4.69) is 17.1 Å². The zero-order chi connectivity index (χ0) is 15.5. The fourth-order valence-corrected chi connectivity index (χ4v) is 2.87. The summed E-state index contributed by atoms with van der Waals surface area (Å²) in [4.78, 5) is 2.20. The van der Waals surface area contributed by atoms with Crippen LogP contribution in [0.15, 0.2) is 24.3 Å². The molecule has 1 heterocycles. The molecule has 0 spiro atoms. The molecule has 1 aromatic carbocycles. The van der Waals surface area contributed by atoms with Crippen LogP contribution >= 0.6 is 0 Å². The van der Waals surface area contributed by atoms with Crippen molar-refractivity contribution in [2.24, 2.45) is 5.92 Å². The summed E-state index contributed by atoms with van der Waals surface area (Å²) in [6, 6.07) is 8.08. The summed E-state index contributed by atoms with van der Waals surface area (Å²) < 4.78 is 37.1. The number of halogens is 3. The lowest BCUT2D eigenvalue weighted by atomic mass is 9.91. The summed E-state index contributed by atoms with van der Waals surface area (Å²) in [6.45, 7) is 4.78. The third-order valence-corrected chi connectivity index (χ3v) is 4.10. The minimum Gasteiger partial charge on any atom is -0.370 e. The number of nitrogens with one attached hydrogen (secondary N) is 1. The zero-order valence-corrected chi connectivity index (χ0v) is 12.6. The van der Waals surface area contributed by atoms with Crippen LogP contribution < -0.4 is 10.2 Å². The third kappa shape index (κ3) is 4.92. The Balaban J connectivity index is 2.02. The lowest BCUT2D eigenvalue weighted by Gasteiger charge is -2.39. The van der Waals surface area contributed by atoms with Crippen LogP contribution in [0.4, 0.5) is 18.9 Å². The lowest BCUT2D eigenvalue weighted by molar-refractivity contribution is -0.126. The van der Waals surface area contributed by atoms with Crippen molar-refractivity contribution in [2.75, 3.05) is 24.5 Å². The second-order valence-electron chi connectivity index (χ2n) is 5.94. The quantitative estimate of drug-likeness (QED) is 0.911. The van der Waals surface area contributed by atoms with Gasteiger partial charge in [0.05, 0.1) is 6.54 Å². The molecule has 2 unspecified atom stereocenters. The predicted molar refractivity (Wildman–Crippen MR) is 79.6 cm³/mol. The molecule has 1 aromatic rings. The molecule has 0 saturated carbocycles. The van der Waals surface area contributed by atoms with Crippen molar-refractivity contribution in [1.82, 2.24) is 5.32 Å². The Morgan fingerprint density at radius 2 is 1.86 bits per heavy atom. The van der Waals surface area contributed by atoms with Gasteiger partial charge in [-0.05, 0) is 31.4 Å². The lowest BCUT2D eigenvalue weighted by Crippen LogP contribution is -2.51. The highest BCUT2D eigenvalue weighted by molar-refractivity contribution is 5.48. The normalized spacial score (nSPS) is 23.4. The number of hydrogen-bond donors (Lipinski definition) is 1. The van der Waals surface area contributed by atoms with E-state index in [1.54, 1.807) is 0 Å². The van der Waals surface area contributed by atoms with Crippen molar-refractivity contribution in [3.63, 3.8) is 0 Å². The van der Waals surface area contributed by atoms with E-state index in [0.29, 0.717) is 12.5 Å². The molecule has 2 rings (SSSR count). The molecule has 5 heteroatoms. The number of alkyl halides is 3. The molecule has 1 N–H and O–H groups in total. The predicted octanol–water partition coefficient (Wildman–Crippen LogP) is 3.75. The van der Waals surface area contributed by atoms with E-state index in [1.807, 2.05) is 31.2 Å². The van der Waals surface area contributed by atoms with Crippen LogP contribution in [-0.2, 0) is 0 Å². The molecule has 1 fully saturated rings. The minimum atomic E-state index is -4.14. The van der Waals surface area contributed by atoms with Gasteiger partial charge in [-0.3, -0.25) is 0 Å². The summed E-state index contributed by atoms with van der Waals surface area (Å²) in [7, 11) is 0. The van der Waals surface area contributed by atoms with Crippen molar-refractivity contribution in [3.05, 3.63) is 29.8 Å². The molecule has 0 aromatic heterocycles. The molecule has 1 aliphatic rings. The van der Waals surface area contributed by atoms with Crippen molar-refractivity contribution in [2.45, 2.75) is 38.9 Å². The van der Waals surface area contributed by atoms with E-state index in [1.165, 1.54) is 5.56 Å². The number of aryl methyl sites for hydroxylation is 1. The first-order valence-corrected chi connectivity index (χ1v) is 7.49. The maximum Gasteiger partial charge on any atom is 0.401 e. The summed E-state index contributed by atoms with van der Waals surface area (Å²) in [6.07, 6.45) is -2.34. The molecule has 21 heavy (non-hydrogen) atoms. The fraction of sp³-hybridized carbons (Fsp3) is 0.625. The van der Waals surface area contributed by atoms with E-state index in [-0.39, 0.29) is 6.04 Å². The van der Waals surface area contributed by atoms with Gasteiger partial charge in [-0.2, -0.15) is 13.2 Å². The van der Waals surface area contributed by atoms with Crippen molar-refractivity contribution < 1.29 is 13.2 Å². The molecule has 0 bridgehead atoms. The molecule has 0 radical (unpaired) electrons. The van der Waals surface area contributed by atoms with Crippen molar-refractivity contribution >= 4 is 5.69 Å². The minimum absolute atomic E-state index is 0.105. The van der Waals surface area contributed by atoms with Gasteiger partial charge in [0, 0.05) is 24.8 Å². The van der Waals surface area contributed by atoms with Crippen LogP contribution in [0.5, 0.6) is 0 Å². The second kappa shape index (κ2) is 6.69. The summed E-state index contributed by atoms with van der Waals surface area (Å²) in [5, 5.41) is 2.67. The first-order chi connectivity index (χ1) is 9.87. The topological polar surface area (TPSA) is 15.3 Å². The van der Waals surface area contributed by atoms with Crippen LogP contribution in [0.3, 0.4) is 0 Å². The Kier molecular flexibility index (Phi) is 5.14. The molecule has 0 aliphatic carbocycles. The maximum atomic E-state index is 12.4. The van der Waals surface area contributed by atoms with Crippen LogP contribution in [0.25, 0.3) is 0 Å². The van der Waals surface area contributed by atoms with Gasteiger partial charge in [0.1, 0.15) is 0 Å². The second-order valence-corrected chi connectivity index (χ2v) is 5.94. The summed E-state index contributed by atoms with van der Waals surface area (Å²) >= 11 is 0. The zero-order valence-electron chi connectivity index (χ0n) is 12.6. The van der Waals surface area contributed by atoms with E-state index < -0.39 is 12.7 Å². The Morgan fingerprint density at radius 3 is 2.43 bits per heavy atom. The molecular formula is C16H23F3N2. The number of hydrogen-bond acceptors (Lipinski definition) is 2. The highest BCUT2D eigenvalue weighted by Crippen LogP contribution is 2.26. The molecular weight excluding hydrogens is 277 g/mol. The van der Waals surface area contributed by atoms with Gasteiger partial charge >= 0.3 is 6.18 Å². The Morgan fingerprint density at radius 1 is 1.19 bits per heavy atom. The monoisotopic (exact) mass is 300 g/mol. The highest BCUT2D eigenvalue weighted by atomic mass is 19.4. The van der Waals surface area contributed by atoms with Crippen LogP contribution in [0, 0.1) is 12.8 Å². The van der Waals surface area contributed by atoms with E-state index >= 15 is 0 Å². The standard InChI is InChI=1S/C16H23F3N2/c1-3-13-8-14(20-11-16(17,18)19)10-21(9-13)15-6-4-12(2)5-7-15/h4-7,13-14,20H,3,8-11H2,1-2H3. The fourth-order valence-electron chi connectivity index (χ4n) is 2.87. The van der Waals surface area contributed by atoms with E-state index in [9.17, 15) is 13.2 Å². The van der Waals surface area contributed by atoms with Gasteiger partial charge in [-0.1, -0.05) is 31.0 Å². The molecule has 2 atom stereocenters. The Bertz CT molecular complexity index is 442. The maximum absolute atomic E-state index is 12.4. The van der Waals surface area contributed by atoms with Gasteiger partial charge in [0.2, 0.25) is 0 Å². The number of nitrogens with zero attached hydrogens (tertiary/aromatic N) is 1. The third-order valence-electron chi connectivity index (χ3n) is 4.10. The van der Waals surface area contributed by atoms with Crippen LogP contribution in [-0.4, -0.2) is 31.9 Å². The summed E-state index contributed by atoms with van der Waals surface area (Å²) in [5.41, 5.74) is 2.28. The average Bonchev–Trinajstić information content (AvgIpc) is 2.45.